The minimum absolute atomic E-state index is 0.00946. The monoisotopic (exact) mass is 570 g/mol. The first-order valence-corrected chi connectivity index (χ1v) is 13.2. The SMILES string of the molecule is CC(C)Nc1nc2c(c(=O)n1-c1ccc(-n3cccn3)cc1Cl)C[C@@H](C)N(C(=O)c1ccc(Cl)c(Cl)c1)C2. The summed E-state index contributed by atoms with van der Waals surface area (Å²) >= 11 is 18.9. The van der Waals surface area contributed by atoms with E-state index in [1.54, 1.807) is 46.1 Å². The number of rotatable bonds is 5. The van der Waals surface area contributed by atoms with E-state index >= 15 is 0 Å². The van der Waals surface area contributed by atoms with Gasteiger partial charge in [0.05, 0.1) is 38.7 Å². The Morgan fingerprint density at radius 3 is 2.53 bits per heavy atom. The van der Waals surface area contributed by atoms with Crippen molar-refractivity contribution in [1.29, 1.82) is 0 Å². The number of amides is 1. The van der Waals surface area contributed by atoms with Crippen LogP contribution in [0.1, 0.15) is 42.4 Å². The van der Waals surface area contributed by atoms with Gasteiger partial charge in [-0.2, -0.15) is 5.10 Å². The fourth-order valence-electron chi connectivity index (χ4n) is 4.55. The Labute approximate surface area is 234 Å². The van der Waals surface area contributed by atoms with Crippen molar-refractivity contribution < 1.29 is 4.79 Å². The van der Waals surface area contributed by atoms with Crippen molar-refractivity contribution in [3.05, 3.63) is 97.1 Å². The number of halogens is 3. The van der Waals surface area contributed by atoms with Crippen LogP contribution in [0.15, 0.2) is 59.7 Å². The second-order valence-corrected chi connectivity index (χ2v) is 10.7. The first-order valence-electron chi connectivity index (χ1n) is 12.1. The molecular formula is C27H25Cl3N6O2. The van der Waals surface area contributed by atoms with Gasteiger partial charge in [-0.25, -0.2) is 14.2 Å². The number of benzene rings is 2. The molecular weight excluding hydrogens is 547 g/mol. The van der Waals surface area contributed by atoms with Gasteiger partial charge < -0.3 is 10.2 Å². The molecule has 1 N–H and O–H groups in total. The molecule has 0 bridgehead atoms. The molecule has 11 heteroatoms. The summed E-state index contributed by atoms with van der Waals surface area (Å²) in [5.41, 5.74) is 2.58. The zero-order valence-corrected chi connectivity index (χ0v) is 23.2. The maximum atomic E-state index is 13.9. The molecule has 4 aromatic rings. The highest BCUT2D eigenvalue weighted by molar-refractivity contribution is 6.42. The number of fused-ring (bicyclic) bond motifs is 1. The van der Waals surface area contributed by atoms with Gasteiger partial charge in [-0.15, -0.1) is 0 Å². The molecule has 0 aliphatic carbocycles. The number of carbonyl (C=O) groups is 1. The second kappa shape index (κ2) is 10.4. The minimum atomic E-state index is -0.242. The van der Waals surface area contributed by atoms with Crippen LogP contribution in [0, 0.1) is 0 Å². The predicted molar refractivity (Wildman–Crippen MR) is 150 cm³/mol. The lowest BCUT2D eigenvalue weighted by atomic mass is 9.98. The third kappa shape index (κ3) is 4.91. The topological polar surface area (TPSA) is 85.1 Å². The third-order valence-corrected chi connectivity index (χ3v) is 7.44. The Morgan fingerprint density at radius 2 is 1.87 bits per heavy atom. The number of hydrogen-bond donors (Lipinski definition) is 1. The highest BCUT2D eigenvalue weighted by Crippen LogP contribution is 2.29. The first-order chi connectivity index (χ1) is 18.1. The van der Waals surface area contributed by atoms with Gasteiger partial charge >= 0.3 is 0 Å². The van der Waals surface area contributed by atoms with E-state index in [9.17, 15) is 9.59 Å². The molecule has 5 rings (SSSR count). The van der Waals surface area contributed by atoms with Gasteiger partial charge in [-0.05, 0) is 69.7 Å². The Hall–Kier alpha value is -3.33. The second-order valence-electron chi connectivity index (χ2n) is 9.50. The molecule has 3 heterocycles. The van der Waals surface area contributed by atoms with Gasteiger partial charge in [0.1, 0.15) is 0 Å². The summed E-state index contributed by atoms with van der Waals surface area (Å²) in [6.45, 7) is 6.01. The molecule has 0 radical (unpaired) electrons. The lowest BCUT2D eigenvalue weighted by Crippen LogP contribution is -2.46. The highest BCUT2D eigenvalue weighted by atomic mass is 35.5. The summed E-state index contributed by atoms with van der Waals surface area (Å²) in [5.74, 6) is 0.150. The van der Waals surface area contributed by atoms with Gasteiger partial charge in [0.25, 0.3) is 11.5 Å². The molecule has 1 amide bonds. The number of nitrogens with one attached hydrogen (secondary N) is 1. The standard InChI is InChI=1S/C27H25Cl3N6O2/c1-15(2)32-27-33-23-14-34(25(37)17-5-7-20(28)21(29)12-17)16(3)11-19(23)26(38)36(27)24-8-6-18(13-22(24)30)35-10-4-9-31-35/h4-10,12-13,15-16H,11,14H2,1-3H3,(H,32,33)/t16-/m1/s1. The van der Waals surface area contributed by atoms with Crippen molar-refractivity contribution in [2.75, 3.05) is 5.32 Å². The van der Waals surface area contributed by atoms with Crippen LogP contribution in [0.25, 0.3) is 11.4 Å². The van der Waals surface area contributed by atoms with E-state index in [0.29, 0.717) is 49.9 Å². The number of anilines is 1. The smallest absolute Gasteiger partial charge is 0.263 e. The van der Waals surface area contributed by atoms with Gasteiger partial charge in [-0.3, -0.25) is 9.59 Å². The molecule has 0 fully saturated rings. The van der Waals surface area contributed by atoms with E-state index in [0.717, 1.165) is 5.69 Å². The van der Waals surface area contributed by atoms with Gasteiger partial charge in [0.15, 0.2) is 0 Å². The van der Waals surface area contributed by atoms with Crippen LogP contribution in [-0.2, 0) is 13.0 Å². The summed E-state index contributed by atoms with van der Waals surface area (Å²) < 4.78 is 3.20. The molecule has 8 nitrogen and oxygen atoms in total. The Bertz CT molecular complexity index is 1580. The minimum Gasteiger partial charge on any atom is -0.353 e. The van der Waals surface area contributed by atoms with Crippen molar-refractivity contribution in [2.45, 2.75) is 45.8 Å². The van der Waals surface area contributed by atoms with Crippen LogP contribution in [0.5, 0.6) is 0 Å². The molecule has 38 heavy (non-hydrogen) atoms. The van der Waals surface area contributed by atoms with Crippen LogP contribution < -0.4 is 10.9 Å². The summed E-state index contributed by atoms with van der Waals surface area (Å²) in [4.78, 5) is 33.8. The van der Waals surface area contributed by atoms with E-state index in [-0.39, 0.29) is 30.1 Å². The molecule has 1 atom stereocenters. The maximum Gasteiger partial charge on any atom is 0.263 e. The molecule has 0 spiro atoms. The van der Waals surface area contributed by atoms with Crippen LogP contribution in [0.4, 0.5) is 5.95 Å². The van der Waals surface area contributed by atoms with Crippen molar-refractivity contribution >= 4 is 46.7 Å². The average molecular weight is 572 g/mol. The summed E-state index contributed by atoms with van der Waals surface area (Å²) in [7, 11) is 0. The molecule has 0 saturated carbocycles. The van der Waals surface area contributed by atoms with Crippen molar-refractivity contribution in [3.8, 4) is 11.4 Å². The summed E-state index contributed by atoms with van der Waals surface area (Å²) in [6.07, 6.45) is 3.84. The molecule has 0 unspecified atom stereocenters. The number of aromatic nitrogens is 4. The molecule has 1 aliphatic rings. The Morgan fingerprint density at radius 1 is 1.08 bits per heavy atom. The lowest BCUT2D eigenvalue weighted by Gasteiger charge is -2.35. The van der Waals surface area contributed by atoms with E-state index in [1.807, 2.05) is 39.1 Å². The number of carbonyl (C=O) groups excluding carboxylic acids is 1. The maximum absolute atomic E-state index is 13.9. The van der Waals surface area contributed by atoms with Crippen LogP contribution in [0.2, 0.25) is 15.1 Å². The molecule has 1 aliphatic heterocycles. The van der Waals surface area contributed by atoms with Crippen LogP contribution in [-0.4, -0.2) is 42.2 Å². The van der Waals surface area contributed by atoms with Crippen LogP contribution >= 0.6 is 34.8 Å². The van der Waals surface area contributed by atoms with Crippen LogP contribution in [0.3, 0.4) is 0 Å². The first kappa shape index (κ1) is 26.3. The molecule has 2 aromatic carbocycles. The number of nitrogens with zero attached hydrogens (tertiary/aromatic N) is 5. The molecule has 2 aromatic heterocycles. The molecule has 0 saturated heterocycles. The fraction of sp³-hybridized carbons (Fsp3) is 0.259. The largest absolute Gasteiger partial charge is 0.353 e. The van der Waals surface area contributed by atoms with Gasteiger partial charge in [-0.1, -0.05) is 34.8 Å². The van der Waals surface area contributed by atoms with Crippen molar-refractivity contribution in [1.82, 2.24) is 24.2 Å². The predicted octanol–water partition coefficient (Wildman–Crippen LogP) is 5.79. The fourth-order valence-corrected chi connectivity index (χ4v) is 5.10. The normalized spacial score (nSPS) is 15.0. The molecule has 196 valence electrons. The van der Waals surface area contributed by atoms with Crippen molar-refractivity contribution in [2.24, 2.45) is 0 Å². The van der Waals surface area contributed by atoms with E-state index in [2.05, 4.69) is 10.4 Å². The Balaban J connectivity index is 1.57. The zero-order chi connectivity index (χ0) is 27.1. The van der Waals surface area contributed by atoms with E-state index in [1.165, 1.54) is 4.57 Å². The van der Waals surface area contributed by atoms with Gasteiger partial charge in [0, 0.05) is 35.6 Å². The van der Waals surface area contributed by atoms with E-state index < -0.39 is 0 Å². The third-order valence-electron chi connectivity index (χ3n) is 6.40. The average Bonchev–Trinajstić information content (AvgIpc) is 3.41. The number of hydrogen-bond acceptors (Lipinski definition) is 5. The lowest BCUT2D eigenvalue weighted by molar-refractivity contribution is 0.0653. The Kier molecular flexibility index (Phi) is 7.22. The van der Waals surface area contributed by atoms with Gasteiger partial charge in [0.2, 0.25) is 5.95 Å². The quantitative estimate of drug-likeness (QED) is 0.328. The highest BCUT2D eigenvalue weighted by Gasteiger charge is 2.32. The summed E-state index contributed by atoms with van der Waals surface area (Å²) in [5, 5.41) is 8.58. The van der Waals surface area contributed by atoms with E-state index in [4.69, 9.17) is 39.8 Å². The zero-order valence-electron chi connectivity index (χ0n) is 21.0. The summed E-state index contributed by atoms with van der Waals surface area (Å²) in [6, 6.07) is 11.8. The van der Waals surface area contributed by atoms with Crippen molar-refractivity contribution in [3.63, 3.8) is 0 Å².